The Balaban J connectivity index is 2.27. The van der Waals surface area contributed by atoms with E-state index in [1.807, 2.05) is 0 Å². The molecule has 0 saturated heterocycles. The minimum Gasteiger partial charge on any atom is -0.300 e. The van der Waals surface area contributed by atoms with E-state index < -0.39 is 0 Å². The number of imidazole rings is 1. The highest BCUT2D eigenvalue weighted by atomic mass is 32.1. The molecule has 1 aliphatic heterocycles. The number of hydrogen-bond donors (Lipinski definition) is 0. The Labute approximate surface area is 87.0 Å². The quantitative estimate of drug-likeness (QED) is 0.655. The van der Waals surface area contributed by atoms with Crippen LogP contribution < -0.4 is 0 Å². The summed E-state index contributed by atoms with van der Waals surface area (Å²) in [6, 6.07) is 0. The maximum Gasteiger partial charge on any atom is 0.194 e. The van der Waals surface area contributed by atoms with Crippen molar-refractivity contribution in [1.82, 2.24) is 14.3 Å². The predicted molar refractivity (Wildman–Crippen MR) is 57.8 cm³/mol. The highest BCUT2D eigenvalue weighted by molar-refractivity contribution is 7.15. The highest BCUT2D eigenvalue weighted by Crippen LogP contribution is 2.24. The lowest BCUT2D eigenvalue weighted by atomic mass is 10.1. The summed E-state index contributed by atoms with van der Waals surface area (Å²) in [6.07, 6.45) is 1.10. The predicted octanol–water partition coefficient (Wildman–Crippen LogP) is 1.69. The standard InChI is InChI=1S/C10H13N3S/c1-7-6-14-10-11-8-3-4-12(2)5-9(8)13(7)10/h6H,3-5H2,1-2H3. The first-order valence-corrected chi connectivity index (χ1v) is 5.76. The summed E-state index contributed by atoms with van der Waals surface area (Å²) in [7, 11) is 2.17. The molecular formula is C10H13N3S. The lowest BCUT2D eigenvalue weighted by molar-refractivity contribution is 0.305. The Kier molecular flexibility index (Phi) is 1.69. The fourth-order valence-corrected chi connectivity index (χ4v) is 3.01. The molecule has 3 rings (SSSR count). The summed E-state index contributed by atoms with van der Waals surface area (Å²) < 4.78 is 2.30. The number of fused-ring (bicyclic) bond motifs is 3. The topological polar surface area (TPSA) is 20.5 Å². The zero-order valence-electron chi connectivity index (χ0n) is 8.45. The summed E-state index contributed by atoms with van der Waals surface area (Å²) in [4.78, 5) is 8.17. The molecule has 0 bridgehead atoms. The van der Waals surface area contributed by atoms with Crippen LogP contribution in [0, 0.1) is 6.92 Å². The van der Waals surface area contributed by atoms with Gasteiger partial charge in [0.15, 0.2) is 4.96 Å². The van der Waals surface area contributed by atoms with Gasteiger partial charge in [-0.05, 0) is 14.0 Å². The molecule has 2 aromatic rings. The normalized spacial score (nSPS) is 17.6. The Hall–Kier alpha value is -0.870. The molecule has 1 aliphatic rings. The van der Waals surface area contributed by atoms with Gasteiger partial charge in [0.05, 0.1) is 11.4 Å². The zero-order chi connectivity index (χ0) is 9.71. The van der Waals surface area contributed by atoms with Crippen molar-refractivity contribution >= 4 is 16.3 Å². The molecule has 0 atom stereocenters. The summed E-state index contributed by atoms with van der Waals surface area (Å²) in [5.41, 5.74) is 4.01. The van der Waals surface area contributed by atoms with Crippen molar-refractivity contribution < 1.29 is 0 Å². The maximum absolute atomic E-state index is 4.66. The third-order valence-corrected chi connectivity index (χ3v) is 3.81. The van der Waals surface area contributed by atoms with E-state index in [4.69, 9.17) is 0 Å². The van der Waals surface area contributed by atoms with Crippen molar-refractivity contribution in [3.63, 3.8) is 0 Å². The van der Waals surface area contributed by atoms with Crippen molar-refractivity contribution in [2.45, 2.75) is 19.9 Å². The Morgan fingerprint density at radius 2 is 2.36 bits per heavy atom. The average molecular weight is 207 g/mol. The van der Waals surface area contributed by atoms with Crippen LogP contribution in [0.3, 0.4) is 0 Å². The molecule has 14 heavy (non-hydrogen) atoms. The SMILES string of the molecule is Cc1csc2nc3c(n12)CN(C)CC3. The van der Waals surface area contributed by atoms with E-state index in [1.165, 1.54) is 17.1 Å². The van der Waals surface area contributed by atoms with Crippen LogP contribution in [0.15, 0.2) is 5.38 Å². The molecule has 0 saturated carbocycles. The van der Waals surface area contributed by atoms with Crippen molar-refractivity contribution in [2.75, 3.05) is 13.6 Å². The Morgan fingerprint density at radius 3 is 3.21 bits per heavy atom. The fourth-order valence-electron chi connectivity index (χ4n) is 2.10. The van der Waals surface area contributed by atoms with E-state index >= 15 is 0 Å². The second-order valence-corrected chi connectivity index (χ2v) is 4.82. The van der Waals surface area contributed by atoms with Crippen LogP contribution in [0.5, 0.6) is 0 Å². The number of aryl methyl sites for hydroxylation is 1. The Morgan fingerprint density at radius 1 is 1.50 bits per heavy atom. The highest BCUT2D eigenvalue weighted by Gasteiger charge is 2.20. The molecule has 0 amide bonds. The van der Waals surface area contributed by atoms with Gasteiger partial charge in [-0.1, -0.05) is 0 Å². The summed E-state index contributed by atoms with van der Waals surface area (Å²) in [5, 5.41) is 2.18. The van der Waals surface area contributed by atoms with Gasteiger partial charge in [-0.25, -0.2) is 4.98 Å². The largest absolute Gasteiger partial charge is 0.300 e. The van der Waals surface area contributed by atoms with E-state index in [0.717, 1.165) is 24.5 Å². The molecule has 3 nitrogen and oxygen atoms in total. The smallest absolute Gasteiger partial charge is 0.194 e. The van der Waals surface area contributed by atoms with Gasteiger partial charge in [0.1, 0.15) is 0 Å². The minimum absolute atomic E-state index is 1.04. The van der Waals surface area contributed by atoms with Crippen LogP contribution in [0.1, 0.15) is 17.1 Å². The van der Waals surface area contributed by atoms with Crippen LogP contribution in [0.2, 0.25) is 0 Å². The molecular weight excluding hydrogens is 194 g/mol. The van der Waals surface area contributed by atoms with Crippen LogP contribution in [0.4, 0.5) is 0 Å². The first-order chi connectivity index (χ1) is 6.75. The molecule has 0 unspecified atom stereocenters. The molecule has 3 heterocycles. The first-order valence-electron chi connectivity index (χ1n) is 4.88. The first kappa shape index (κ1) is 8.44. The number of likely N-dealkylation sites (N-methyl/N-ethyl adjacent to an activating group) is 1. The monoisotopic (exact) mass is 207 g/mol. The van der Waals surface area contributed by atoms with Crippen LogP contribution in [0.25, 0.3) is 4.96 Å². The molecule has 0 aliphatic carbocycles. The third kappa shape index (κ3) is 1.04. The molecule has 4 heteroatoms. The summed E-state index contributed by atoms with van der Waals surface area (Å²) in [5.74, 6) is 0. The molecule has 2 aromatic heterocycles. The van der Waals surface area contributed by atoms with Crippen LogP contribution >= 0.6 is 11.3 Å². The van der Waals surface area contributed by atoms with Gasteiger partial charge in [0, 0.05) is 30.6 Å². The van der Waals surface area contributed by atoms with Crippen LogP contribution in [-0.4, -0.2) is 27.9 Å². The van der Waals surface area contributed by atoms with E-state index in [0.29, 0.717) is 0 Å². The van der Waals surface area contributed by atoms with Crippen molar-refractivity contribution in [3.05, 3.63) is 22.5 Å². The number of thiazole rings is 1. The molecule has 0 aromatic carbocycles. The molecule has 74 valence electrons. The molecule has 0 radical (unpaired) electrons. The summed E-state index contributed by atoms with van der Waals surface area (Å²) in [6.45, 7) is 4.32. The van der Waals surface area contributed by atoms with Crippen molar-refractivity contribution in [1.29, 1.82) is 0 Å². The molecule has 0 N–H and O–H groups in total. The van der Waals surface area contributed by atoms with Crippen molar-refractivity contribution in [2.24, 2.45) is 0 Å². The van der Waals surface area contributed by atoms with E-state index in [2.05, 4.69) is 33.6 Å². The number of aromatic nitrogens is 2. The lowest BCUT2D eigenvalue weighted by Crippen LogP contribution is -2.27. The van der Waals surface area contributed by atoms with Gasteiger partial charge < -0.3 is 4.90 Å². The van der Waals surface area contributed by atoms with E-state index in [1.54, 1.807) is 11.3 Å². The lowest BCUT2D eigenvalue weighted by Gasteiger charge is -2.21. The van der Waals surface area contributed by atoms with E-state index in [9.17, 15) is 0 Å². The van der Waals surface area contributed by atoms with Gasteiger partial charge in [-0.15, -0.1) is 11.3 Å². The van der Waals surface area contributed by atoms with Gasteiger partial charge >= 0.3 is 0 Å². The number of rotatable bonds is 0. The fraction of sp³-hybridized carbons (Fsp3) is 0.500. The Bertz CT molecular complexity index is 483. The molecule has 0 spiro atoms. The van der Waals surface area contributed by atoms with Gasteiger partial charge in [0.2, 0.25) is 0 Å². The average Bonchev–Trinajstić information content (AvgIpc) is 2.67. The maximum atomic E-state index is 4.66. The van der Waals surface area contributed by atoms with Crippen LogP contribution in [-0.2, 0) is 13.0 Å². The number of hydrogen-bond acceptors (Lipinski definition) is 3. The van der Waals surface area contributed by atoms with Gasteiger partial charge in [-0.2, -0.15) is 0 Å². The van der Waals surface area contributed by atoms with Gasteiger partial charge in [0.25, 0.3) is 0 Å². The second kappa shape index (κ2) is 2.81. The third-order valence-electron chi connectivity index (χ3n) is 2.86. The number of nitrogens with zero attached hydrogens (tertiary/aromatic N) is 3. The molecule has 0 fully saturated rings. The van der Waals surface area contributed by atoms with Gasteiger partial charge in [-0.3, -0.25) is 4.40 Å². The summed E-state index contributed by atoms with van der Waals surface area (Å²) >= 11 is 1.74. The minimum atomic E-state index is 1.04. The second-order valence-electron chi connectivity index (χ2n) is 3.99. The zero-order valence-corrected chi connectivity index (χ0v) is 9.27. The van der Waals surface area contributed by atoms with Crippen molar-refractivity contribution in [3.8, 4) is 0 Å². The van der Waals surface area contributed by atoms with E-state index in [-0.39, 0.29) is 0 Å².